The minimum absolute atomic E-state index is 0.568. The van der Waals surface area contributed by atoms with E-state index in [2.05, 4.69) is 25.8 Å². The van der Waals surface area contributed by atoms with Gasteiger partial charge in [-0.25, -0.2) is 4.85 Å². The Morgan fingerprint density at radius 1 is 1.56 bits per heavy atom. The summed E-state index contributed by atoms with van der Waals surface area (Å²) in [6.45, 7) is 6.58. The van der Waals surface area contributed by atoms with Crippen molar-refractivity contribution < 1.29 is 0 Å². The van der Waals surface area contributed by atoms with Crippen LogP contribution >= 0.6 is 15.9 Å². The predicted octanol–water partition coefficient (Wildman–Crippen LogP) is 2.39. The van der Waals surface area contributed by atoms with Crippen LogP contribution in [0.25, 0.3) is 4.85 Å². The number of hydrogen-bond donors (Lipinski definition) is 0. The molecule has 3 heteroatoms. The fourth-order valence-electron chi connectivity index (χ4n) is 0.434. The highest BCUT2D eigenvalue weighted by atomic mass is 79.9. The third-order valence-electron chi connectivity index (χ3n) is 0.841. The van der Waals surface area contributed by atoms with E-state index in [-0.39, 0.29) is 0 Å². The normalized spacial score (nSPS) is 8.44. The Bertz CT molecular complexity index is 234. The average Bonchev–Trinajstić information content (AvgIpc) is 1.90. The third-order valence-corrected chi connectivity index (χ3v) is 1.31. The van der Waals surface area contributed by atoms with Gasteiger partial charge in [-0.2, -0.15) is 0 Å². The van der Waals surface area contributed by atoms with E-state index in [0.717, 1.165) is 4.60 Å². The number of hydrogen-bond acceptors (Lipinski definition) is 1. The highest BCUT2D eigenvalue weighted by molar-refractivity contribution is 9.10. The smallest absolute Gasteiger partial charge is 0.205 e. The van der Waals surface area contributed by atoms with E-state index >= 15 is 0 Å². The summed E-state index contributed by atoms with van der Waals surface area (Å²) in [4.78, 5) is 7.03. The Labute approximate surface area is 61.5 Å². The quantitative estimate of drug-likeness (QED) is 0.445. The van der Waals surface area contributed by atoms with Crippen molar-refractivity contribution in [3.05, 3.63) is 34.3 Å². The summed E-state index contributed by atoms with van der Waals surface area (Å²) in [7, 11) is 0. The predicted molar refractivity (Wildman–Crippen MR) is 38.2 cm³/mol. The summed E-state index contributed by atoms with van der Waals surface area (Å²) >= 11 is 3.16. The fraction of sp³-hybridized carbons (Fsp3) is 0. The highest BCUT2D eigenvalue weighted by Gasteiger charge is 1.87. The molecule has 0 aliphatic heterocycles. The summed E-state index contributed by atoms with van der Waals surface area (Å²) in [5.74, 6) is 0. The molecule has 0 spiro atoms. The zero-order valence-electron chi connectivity index (χ0n) is 4.50. The fourth-order valence-corrected chi connectivity index (χ4v) is 0.669. The maximum Gasteiger partial charge on any atom is 0.205 e. The van der Waals surface area contributed by atoms with Crippen molar-refractivity contribution >= 4 is 21.6 Å². The molecule has 0 bridgehead atoms. The second-order valence-corrected chi connectivity index (χ2v) is 2.26. The monoisotopic (exact) mass is 182 g/mol. The Balaban J connectivity index is 3.06. The summed E-state index contributed by atoms with van der Waals surface area (Å²) in [5.41, 5.74) is 0.568. The van der Waals surface area contributed by atoms with Crippen molar-refractivity contribution in [2.75, 3.05) is 0 Å². The second kappa shape index (κ2) is 2.60. The Kier molecular flexibility index (Phi) is 1.81. The van der Waals surface area contributed by atoms with Gasteiger partial charge in [0.25, 0.3) is 0 Å². The second-order valence-electron chi connectivity index (χ2n) is 1.45. The number of rotatable bonds is 0. The maximum atomic E-state index is 6.58. The first-order valence-electron chi connectivity index (χ1n) is 2.32. The summed E-state index contributed by atoms with van der Waals surface area (Å²) in [6, 6.07) is 3.46. The maximum absolute atomic E-state index is 6.58. The zero-order valence-corrected chi connectivity index (χ0v) is 6.09. The van der Waals surface area contributed by atoms with Gasteiger partial charge in [-0.3, -0.25) is 4.98 Å². The van der Waals surface area contributed by atoms with Gasteiger partial charge in [0.1, 0.15) is 4.60 Å². The van der Waals surface area contributed by atoms with Gasteiger partial charge in [0, 0.05) is 6.20 Å². The van der Waals surface area contributed by atoms with Crippen LogP contribution in [0.15, 0.2) is 22.9 Å². The van der Waals surface area contributed by atoms with E-state index in [0.29, 0.717) is 5.69 Å². The minimum atomic E-state index is 0.568. The van der Waals surface area contributed by atoms with Gasteiger partial charge in [-0.15, -0.1) is 0 Å². The molecule has 9 heavy (non-hydrogen) atoms. The van der Waals surface area contributed by atoms with Gasteiger partial charge in [0.2, 0.25) is 5.69 Å². The summed E-state index contributed by atoms with van der Waals surface area (Å²) in [5, 5.41) is 0. The molecule has 1 aromatic rings. The van der Waals surface area contributed by atoms with E-state index in [4.69, 9.17) is 6.57 Å². The Morgan fingerprint density at radius 2 is 2.33 bits per heavy atom. The van der Waals surface area contributed by atoms with Gasteiger partial charge in [-0.1, -0.05) is 6.07 Å². The molecule has 0 atom stereocenters. The Morgan fingerprint density at radius 3 is 2.78 bits per heavy atom. The molecule has 2 nitrogen and oxygen atoms in total. The lowest BCUT2D eigenvalue weighted by Gasteiger charge is -1.86. The van der Waals surface area contributed by atoms with Crippen molar-refractivity contribution in [1.82, 2.24) is 4.98 Å². The van der Waals surface area contributed by atoms with E-state index in [9.17, 15) is 0 Å². The van der Waals surface area contributed by atoms with Crippen LogP contribution in [0.4, 0.5) is 5.69 Å². The molecular weight excluding hydrogens is 180 g/mol. The van der Waals surface area contributed by atoms with Crippen LogP contribution in [0.1, 0.15) is 0 Å². The van der Waals surface area contributed by atoms with Crippen molar-refractivity contribution in [2.45, 2.75) is 0 Å². The molecule has 0 radical (unpaired) electrons. The lowest BCUT2D eigenvalue weighted by atomic mass is 10.4. The van der Waals surface area contributed by atoms with Crippen LogP contribution < -0.4 is 0 Å². The molecule has 0 saturated carbocycles. The molecule has 0 aliphatic rings. The lowest BCUT2D eigenvalue weighted by molar-refractivity contribution is 1.29. The molecule has 0 unspecified atom stereocenters. The van der Waals surface area contributed by atoms with E-state index in [1.807, 2.05) is 0 Å². The topological polar surface area (TPSA) is 17.2 Å². The van der Waals surface area contributed by atoms with Crippen LogP contribution in [-0.2, 0) is 0 Å². The Hall–Kier alpha value is -0.880. The third kappa shape index (κ3) is 1.51. The van der Waals surface area contributed by atoms with Crippen molar-refractivity contribution in [3.8, 4) is 0 Å². The molecule has 1 aromatic heterocycles. The molecule has 0 N–H and O–H groups in total. The van der Waals surface area contributed by atoms with Crippen LogP contribution in [-0.4, -0.2) is 4.98 Å². The first-order valence-corrected chi connectivity index (χ1v) is 3.11. The van der Waals surface area contributed by atoms with Gasteiger partial charge in [0.05, 0.1) is 6.57 Å². The average molecular weight is 183 g/mol. The molecule has 0 aromatic carbocycles. The van der Waals surface area contributed by atoms with Gasteiger partial charge in [-0.05, 0) is 22.0 Å². The SMILES string of the molecule is [C-]#[N+]c1ccc(Br)nc1. The van der Waals surface area contributed by atoms with Crippen molar-refractivity contribution in [2.24, 2.45) is 0 Å². The van der Waals surface area contributed by atoms with Crippen LogP contribution in [0.5, 0.6) is 0 Å². The molecule has 1 heterocycles. The van der Waals surface area contributed by atoms with Gasteiger partial charge >= 0.3 is 0 Å². The number of pyridine rings is 1. The van der Waals surface area contributed by atoms with Crippen LogP contribution in [0.2, 0.25) is 0 Å². The highest BCUT2D eigenvalue weighted by Crippen LogP contribution is 2.12. The van der Waals surface area contributed by atoms with E-state index in [1.54, 1.807) is 12.1 Å². The first kappa shape index (κ1) is 6.24. The standard InChI is InChI=1S/C6H3BrN2/c1-8-5-2-3-6(7)9-4-5/h2-4H. The number of halogens is 1. The van der Waals surface area contributed by atoms with Crippen LogP contribution in [0.3, 0.4) is 0 Å². The molecule has 0 saturated heterocycles. The molecule has 0 fully saturated rings. The first-order chi connectivity index (χ1) is 4.33. The van der Waals surface area contributed by atoms with E-state index < -0.39 is 0 Å². The summed E-state index contributed by atoms with van der Waals surface area (Å²) < 4.78 is 0.759. The largest absolute Gasteiger partial charge is 0.261 e. The molecule has 0 amide bonds. The number of nitrogens with zero attached hydrogens (tertiary/aromatic N) is 2. The van der Waals surface area contributed by atoms with Crippen molar-refractivity contribution in [3.63, 3.8) is 0 Å². The summed E-state index contributed by atoms with van der Waals surface area (Å²) in [6.07, 6.45) is 1.52. The lowest BCUT2D eigenvalue weighted by Crippen LogP contribution is -1.69. The van der Waals surface area contributed by atoms with Gasteiger partial charge in [0.15, 0.2) is 0 Å². The van der Waals surface area contributed by atoms with Crippen molar-refractivity contribution in [1.29, 1.82) is 0 Å². The minimum Gasteiger partial charge on any atom is -0.261 e. The van der Waals surface area contributed by atoms with Gasteiger partial charge < -0.3 is 0 Å². The van der Waals surface area contributed by atoms with Crippen LogP contribution in [0, 0.1) is 6.57 Å². The molecular formula is C6H3BrN2. The van der Waals surface area contributed by atoms with E-state index in [1.165, 1.54) is 6.20 Å². The molecule has 44 valence electrons. The molecule has 0 aliphatic carbocycles. The molecule has 1 rings (SSSR count). The zero-order chi connectivity index (χ0) is 6.69. The number of aromatic nitrogens is 1.